The predicted molar refractivity (Wildman–Crippen MR) is 102 cm³/mol. The lowest BCUT2D eigenvalue weighted by atomic mass is 10.2. The van der Waals surface area contributed by atoms with Gasteiger partial charge in [-0.25, -0.2) is 0 Å². The Bertz CT molecular complexity index is 865. The van der Waals surface area contributed by atoms with Crippen molar-refractivity contribution in [3.05, 3.63) is 58.6 Å². The third-order valence-electron chi connectivity index (χ3n) is 3.47. The zero-order chi connectivity index (χ0) is 17.6. The van der Waals surface area contributed by atoms with Crippen LogP contribution in [-0.4, -0.2) is 31.9 Å². The number of amides is 1. The molecule has 0 bridgehead atoms. The molecule has 25 heavy (non-hydrogen) atoms. The lowest BCUT2D eigenvalue weighted by Crippen LogP contribution is -2.12. The quantitative estimate of drug-likeness (QED) is 0.616. The highest BCUT2D eigenvalue weighted by Gasteiger charge is 2.11. The summed E-state index contributed by atoms with van der Waals surface area (Å²) in [5, 5.41) is 15.4. The zero-order valence-electron chi connectivity index (χ0n) is 13.5. The summed E-state index contributed by atoms with van der Waals surface area (Å²) in [6.07, 6.45) is 0.376. The number of carbonyl (C=O) groups is 1. The number of hydrogen-bond donors (Lipinski definition) is 1. The van der Waals surface area contributed by atoms with E-state index in [0.29, 0.717) is 17.3 Å². The van der Waals surface area contributed by atoms with Gasteiger partial charge < -0.3 is 5.32 Å². The Hall–Kier alpha value is -2.19. The normalized spacial score (nSPS) is 10.6. The first kappa shape index (κ1) is 17.6. The molecule has 128 valence electrons. The number of rotatable bonds is 6. The van der Waals surface area contributed by atoms with E-state index in [1.807, 2.05) is 55.5 Å². The van der Waals surface area contributed by atoms with Gasteiger partial charge in [0.15, 0.2) is 0 Å². The van der Waals surface area contributed by atoms with E-state index >= 15 is 0 Å². The van der Waals surface area contributed by atoms with Crippen LogP contribution in [0.5, 0.6) is 0 Å². The molecule has 0 aliphatic heterocycles. The van der Waals surface area contributed by atoms with Crippen LogP contribution < -0.4 is 5.32 Å². The highest BCUT2D eigenvalue weighted by Crippen LogP contribution is 2.21. The minimum Gasteiger partial charge on any atom is -0.326 e. The van der Waals surface area contributed by atoms with Crippen LogP contribution in [0.25, 0.3) is 5.69 Å². The molecule has 0 saturated carbocycles. The van der Waals surface area contributed by atoms with Crippen molar-refractivity contribution in [1.29, 1.82) is 0 Å². The van der Waals surface area contributed by atoms with Gasteiger partial charge in [0.2, 0.25) is 11.1 Å². The predicted octanol–water partition coefficient (Wildman–Crippen LogP) is 3.85. The van der Waals surface area contributed by atoms with E-state index in [2.05, 4.69) is 36.8 Å². The maximum Gasteiger partial charge on any atom is 0.225 e. The number of benzene rings is 2. The summed E-state index contributed by atoms with van der Waals surface area (Å²) in [6, 6.07) is 15.4. The van der Waals surface area contributed by atoms with Crippen LogP contribution >= 0.6 is 27.7 Å². The van der Waals surface area contributed by atoms with Crippen LogP contribution in [0.2, 0.25) is 0 Å². The number of aromatic nitrogens is 4. The average molecular weight is 418 g/mol. The van der Waals surface area contributed by atoms with E-state index in [4.69, 9.17) is 0 Å². The fraction of sp³-hybridized carbons (Fsp3) is 0.176. The summed E-state index contributed by atoms with van der Waals surface area (Å²) in [7, 11) is 0. The molecule has 1 heterocycles. The second kappa shape index (κ2) is 8.26. The fourth-order valence-corrected chi connectivity index (χ4v) is 3.30. The number of anilines is 1. The summed E-state index contributed by atoms with van der Waals surface area (Å²) < 4.78 is 2.68. The maximum absolute atomic E-state index is 12.0. The number of nitrogens with one attached hydrogen (secondary N) is 1. The van der Waals surface area contributed by atoms with Crippen molar-refractivity contribution in [3.63, 3.8) is 0 Å². The van der Waals surface area contributed by atoms with Crippen molar-refractivity contribution < 1.29 is 4.79 Å². The summed E-state index contributed by atoms with van der Waals surface area (Å²) in [6.45, 7) is 2.01. The Morgan fingerprint density at radius 1 is 1.20 bits per heavy atom. The zero-order valence-corrected chi connectivity index (χ0v) is 15.9. The van der Waals surface area contributed by atoms with Crippen molar-refractivity contribution in [2.45, 2.75) is 18.5 Å². The Kier molecular flexibility index (Phi) is 5.83. The lowest BCUT2D eigenvalue weighted by molar-refractivity contribution is -0.115. The van der Waals surface area contributed by atoms with E-state index in [-0.39, 0.29) is 5.91 Å². The first-order valence-corrected chi connectivity index (χ1v) is 9.44. The van der Waals surface area contributed by atoms with Gasteiger partial charge in [-0.15, -0.1) is 5.10 Å². The van der Waals surface area contributed by atoms with E-state index in [0.717, 1.165) is 21.4 Å². The van der Waals surface area contributed by atoms with Gasteiger partial charge in [-0.05, 0) is 53.2 Å². The average Bonchev–Trinajstić information content (AvgIpc) is 3.06. The van der Waals surface area contributed by atoms with Crippen molar-refractivity contribution in [2.75, 3.05) is 11.1 Å². The van der Waals surface area contributed by atoms with Crippen LogP contribution in [0.3, 0.4) is 0 Å². The molecule has 6 nitrogen and oxygen atoms in total. The Morgan fingerprint density at radius 2 is 1.96 bits per heavy atom. The van der Waals surface area contributed by atoms with Crippen LogP contribution in [0.15, 0.2) is 58.2 Å². The molecule has 3 aromatic rings. The van der Waals surface area contributed by atoms with E-state index in [1.165, 1.54) is 11.8 Å². The molecule has 0 spiro atoms. The number of thioether (sulfide) groups is 1. The molecule has 1 amide bonds. The molecule has 0 fully saturated rings. The summed E-state index contributed by atoms with van der Waals surface area (Å²) >= 11 is 4.83. The van der Waals surface area contributed by atoms with Crippen molar-refractivity contribution in [3.8, 4) is 5.69 Å². The van der Waals surface area contributed by atoms with Gasteiger partial charge in [-0.3, -0.25) is 4.79 Å². The second-order valence-electron chi connectivity index (χ2n) is 5.31. The molecule has 3 rings (SSSR count). The van der Waals surface area contributed by atoms with Crippen molar-refractivity contribution in [1.82, 2.24) is 20.2 Å². The van der Waals surface area contributed by atoms with Crippen LogP contribution in [0, 0.1) is 6.92 Å². The monoisotopic (exact) mass is 417 g/mol. The van der Waals surface area contributed by atoms with Gasteiger partial charge in [0.05, 0.1) is 5.69 Å². The number of para-hydroxylation sites is 1. The van der Waals surface area contributed by atoms with Gasteiger partial charge in [0, 0.05) is 22.3 Å². The molecule has 2 aromatic carbocycles. The Morgan fingerprint density at radius 3 is 2.72 bits per heavy atom. The molecule has 1 N–H and O–H groups in total. The van der Waals surface area contributed by atoms with E-state index < -0.39 is 0 Å². The maximum atomic E-state index is 12.0. The van der Waals surface area contributed by atoms with Crippen LogP contribution in [0.4, 0.5) is 5.69 Å². The Labute approximate surface area is 158 Å². The number of halogens is 1. The van der Waals surface area contributed by atoms with Gasteiger partial charge in [0.25, 0.3) is 0 Å². The third kappa shape index (κ3) is 4.67. The number of nitrogens with zero attached hydrogens (tertiary/aromatic N) is 4. The van der Waals surface area contributed by atoms with Crippen LogP contribution in [-0.2, 0) is 4.79 Å². The summed E-state index contributed by atoms with van der Waals surface area (Å²) in [4.78, 5) is 12.0. The topological polar surface area (TPSA) is 72.7 Å². The van der Waals surface area contributed by atoms with E-state index in [9.17, 15) is 4.79 Å². The molecule has 1 aromatic heterocycles. The summed E-state index contributed by atoms with van der Waals surface area (Å²) in [5.41, 5.74) is 2.81. The number of carbonyl (C=O) groups excluding carboxylic acids is 1. The SMILES string of the molecule is Cc1ccccc1-n1nnnc1SCCC(=O)Nc1ccc(Br)cc1. The van der Waals surface area contributed by atoms with Gasteiger partial charge in [-0.2, -0.15) is 4.68 Å². The van der Waals surface area contributed by atoms with Crippen molar-refractivity contribution >= 4 is 39.3 Å². The molecule has 0 atom stereocenters. The molecular weight excluding hydrogens is 402 g/mol. The van der Waals surface area contributed by atoms with Crippen molar-refractivity contribution in [2.24, 2.45) is 0 Å². The van der Waals surface area contributed by atoms with Gasteiger partial charge in [-0.1, -0.05) is 45.9 Å². The van der Waals surface area contributed by atoms with E-state index in [1.54, 1.807) is 4.68 Å². The van der Waals surface area contributed by atoms with Gasteiger partial charge in [0.1, 0.15) is 0 Å². The molecule has 0 aliphatic rings. The molecular formula is C17H16BrN5OS. The first-order chi connectivity index (χ1) is 12.1. The fourth-order valence-electron chi connectivity index (χ4n) is 2.21. The largest absolute Gasteiger partial charge is 0.326 e. The van der Waals surface area contributed by atoms with Crippen LogP contribution in [0.1, 0.15) is 12.0 Å². The molecule has 8 heteroatoms. The molecule has 0 aliphatic carbocycles. The smallest absolute Gasteiger partial charge is 0.225 e. The minimum absolute atomic E-state index is 0.0373. The standard InChI is InChI=1S/C17H16BrN5OS/c1-12-4-2-3-5-15(12)23-17(20-21-22-23)25-11-10-16(24)19-14-8-6-13(18)7-9-14/h2-9H,10-11H2,1H3,(H,19,24). The molecule has 0 radical (unpaired) electrons. The summed E-state index contributed by atoms with van der Waals surface area (Å²) in [5.74, 6) is 0.555. The Balaban J connectivity index is 1.56. The minimum atomic E-state index is -0.0373. The number of aryl methyl sites for hydroxylation is 1. The molecule has 0 unspecified atom stereocenters. The molecule has 0 saturated heterocycles. The highest BCUT2D eigenvalue weighted by atomic mass is 79.9. The second-order valence-corrected chi connectivity index (χ2v) is 7.29. The first-order valence-electron chi connectivity index (χ1n) is 7.66. The highest BCUT2D eigenvalue weighted by molar-refractivity contribution is 9.10. The number of hydrogen-bond acceptors (Lipinski definition) is 5. The lowest BCUT2D eigenvalue weighted by Gasteiger charge is -2.07. The van der Waals surface area contributed by atoms with Gasteiger partial charge >= 0.3 is 0 Å². The third-order valence-corrected chi connectivity index (χ3v) is 4.92. The number of tetrazole rings is 1.